The summed E-state index contributed by atoms with van der Waals surface area (Å²) < 4.78 is 1.82. The lowest BCUT2D eigenvalue weighted by Crippen LogP contribution is -2.39. The molecule has 116 valence electrons. The van der Waals surface area contributed by atoms with Crippen LogP contribution in [0.1, 0.15) is 62.5 Å². The lowest BCUT2D eigenvalue weighted by molar-refractivity contribution is -0.137. The molecule has 6 nitrogen and oxygen atoms in total. The first kappa shape index (κ1) is 15.5. The molecular weight excluding hydrogens is 270 g/mol. The second kappa shape index (κ2) is 6.74. The van der Waals surface area contributed by atoms with Gasteiger partial charge in [-0.25, -0.2) is 0 Å². The van der Waals surface area contributed by atoms with E-state index in [4.69, 9.17) is 5.11 Å². The van der Waals surface area contributed by atoms with Gasteiger partial charge in [0, 0.05) is 18.8 Å². The SMILES string of the molecule is CC(C)N(CCC(=O)O)C(=O)c1ccnn1C1CCCC1. The molecule has 1 amide bonds. The number of hydrogen-bond donors (Lipinski definition) is 1. The fourth-order valence-corrected chi connectivity index (χ4v) is 2.88. The van der Waals surface area contributed by atoms with Crippen molar-refractivity contribution < 1.29 is 14.7 Å². The quantitative estimate of drug-likeness (QED) is 0.873. The summed E-state index contributed by atoms with van der Waals surface area (Å²) in [7, 11) is 0. The van der Waals surface area contributed by atoms with E-state index < -0.39 is 5.97 Å². The topological polar surface area (TPSA) is 75.4 Å². The molecule has 1 N–H and O–H groups in total. The number of nitrogens with zero attached hydrogens (tertiary/aromatic N) is 3. The fraction of sp³-hybridized carbons (Fsp3) is 0.667. The number of aromatic nitrogens is 2. The van der Waals surface area contributed by atoms with Crippen LogP contribution in [0.15, 0.2) is 12.3 Å². The fourth-order valence-electron chi connectivity index (χ4n) is 2.88. The van der Waals surface area contributed by atoms with Gasteiger partial charge in [0.15, 0.2) is 0 Å². The van der Waals surface area contributed by atoms with Crippen molar-refractivity contribution in [1.82, 2.24) is 14.7 Å². The molecule has 1 heterocycles. The van der Waals surface area contributed by atoms with Crippen LogP contribution in [0.3, 0.4) is 0 Å². The summed E-state index contributed by atoms with van der Waals surface area (Å²) in [6.07, 6.45) is 6.07. The van der Waals surface area contributed by atoms with Gasteiger partial charge in [0.2, 0.25) is 0 Å². The van der Waals surface area contributed by atoms with Crippen molar-refractivity contribution >= 4 is 11.9 Å². The van der Waals surface area contributed by atoms with E-state index in [2.05, 4.69) is 5.10 Å². The van der Waals surface area contributed by atoms with Gasteiger partial charge in [0.05, 0.1) is 12.5 Å². The van der Waals surface area contributed by atoms with Crippen molar-refractivity contribution in [2.45, 2.75) is 58.0 Å². The Balaban J connectivity index is 2.16. The van der Waals surface area contributed by atoms with Gasteiger partial charge < -0.3 is 10.0 Å². The summed E-state index contributed by atoms with van der Waals surface area (Å²) in [6, 6.07) is 1.99. The molecule has 1 aliphatic rings. The number of rotatable bonds is 6. The maximum absolute atomic E-state index is 12.7. The van der Waals surface area contributed by atoms with E-state index in [0.717, 1.165) is 12.8 Å². The Hall–Kier alpha value is -1.85. The van der Waals surface area contributed by atoms with Crippen molar-refractivity contribution in [3.05, 3.63) is 18.0 Å². The van der Waals surface area contributed by atoms with Crippen molar-refractivity contribution in [3.63, 3.8) is 0 Å². The van der Waals surface area contributed by atoms with Gasteiger partial charge in [-0.2, -0.15) is 5.10 Å². The van der Waals surface area contributed by atoms with Crippen molar-refractivity contribution in [2.24, 2.45) is 0 Å². The molecule has 0 bridgehead atoms. The molecule has 0 saturated heterocycles. The van der Waals surface area contributed by atoms with Crippen LogP contribution >= 0.6 is 0 Å². The third kappa shape index (κ3) is 3.62. The van der Waals surface area contributed by atoms with Crippen LogP contribution in [0.4, 0.5) is 0 Å². The number of hydrogen-bond acceptors (Lipinski definition) is 3. The second-order valence-electron chi connectivity index (χ2n) is 5.84. The minimum Gasteiger partial charge on any atom is -0.481 e. The summed E-state index contributed by atoms with van der Waals surface area (Å²) in [5, 5.41) is 13.1. The molecule has 1 fully saturated rings. The van der Waals surface area contributed by atoms with Crippen LogP contribution in [-0.2, 0) is 4.79 Å². The minimum absolute atomic E-state index is 0.0382. The molecule has 0 aromatic carbocycles. The van der Waals surface area contributed by atoms with Crippen LogP contribution in [0.5, 0.6) is 0 Å². The van der Waals surface area contributed by atoms with E-state index >= 15 is 0 Å². The molecule has 1 aromatic heterocycles. The Kier molecular flexibility index (Phi) is 4.98. The molecule has 1 aromatic rings. The van der Waals surface area contributed by atoms with Crippen molar-refractivity contribution in [2.75, 3.05) is 6.54 Å². The molecule has 0 unspecified atom stereocenters. The summed E-state index contributed by atoms with van der Waals surface area (Å²) in [5.41, 5.74) is 0.570. The van der Waals surface area contributed by atoms with Gasteiger partial charge in [0.25, 0.3) is 5.91 Å². The Bertz CT molecular complexity index is 504. The summed E-state index contributed by atoms with van der Waals surface area (Å²) >= 11 is 0. The van der Waals surface area contributed by atoms with Crippen molar-refractivity contribution in [3.8, 4) is 0 Å². The standard InChI is InChI=1S/C15H23N3O3/c1-11(2)17(10-8-14(19)20)15(21)13-7-9-16-18(13)12-5-3-4-6-12/h7,9,11-12H,3-6,8,10H2,1-2H3,(H,19,20). The predicted molar refractivity (Wildman–Crippen MR) is 78.2 cm³/mol. The molecule has 0 radical (unpaired) electrons. The highest BCUT2D eigenvalue weighted by molar-refractivity contribution is 5.93. The van der Waals surface area contributed by atoms with Crippen LogP contribution in [0.2, 0.25) is 0 Å². The largest absolute Gasteiger partial charge is 0.481 e. The first-order chi connectivity index (χ1) is 10.0. The molecule has 0 aliphatic heterocycles. The number of aliphatic carboxylic acids is 1. The van der Waals surface area contributed by atoms with E-state index in [-0.39, 0.29) is 24.9 Å². The van der Waals surface area contributed by atoms with Gasteiger partial charge in [-0.15, -0.1) is 0 Å². The van der Waals surface area contributed by atoms with Gasteiger partial charge in [-0.1, -0.05) is 12.8 Å². The molecule has 1 saturated carbocycles. The van der Waals surface area contributed by atoms with E-state index in [1.165, 1.54) is 12.8 Å². The third-order valence-electron chi connectivity index (χ3n) is 4.01. The highest BCUT2D eigenvalue weighted by Crippen LogP contribution is 2.30. The van der Waals surface area contributed by atoms with E-state index in [0.29, 0.717) is 11.7 Å². The maximum Gasteiger partial charge on any atom is 0.305 e. The Morgan fingerprint density at radius 2 is 2.10 bits per heavy atom. The first-order valence-corrected chi connectivity index (χ1v) is 7.57. The van der Waals surface area contributed by atoms with E-state index in [9.17, 15) is 9.59 Å². The zero-order valence-corrected chi connectivity index (χ0v) is 12.7. The normalized spacial score (nSPS) is 15.6. The second-order valence-corrected chi connectivity index (χ2v) is 5.84. The first-order valence-electron chi connectivity index (χ1n) is 7.57. The zero-order valence-electron chi connectivity index (χ0n) is 12.7. The Morgan fingerprint density at radius 1 is 1.43 bits per heavy atom. The average Bonchev–Trinajstić information content (AvgIpc) is 3.08. The van der Waals surface area contributed by atoms with Crippen LogP contribution < -0.4 is 0 Å². The molecule has 21 heavy (non-hydrogen) atoms. The van der Waals surface area contributed by atoms with Crippen LogP contribution in [0, 0.1) is 0 Å². The maximum atomic E-state index is 12.7. The van der Waals surface area contributed by atoms with Gasteiger partial charge in [-0.05, 0) is 32.8 Å². The summed E-state index contributed by atoms with van der Waals surface area (Å²) in [4.78, 5) is 25.1. The zero-order chi connectivity index (χ0) is 15.4. The number of carboxylic acid groups (broad SMARTS) is 1. The number of carboxylic acids is 1. The number of carbonyl (C=O) groups is 2. The molecule has 1 aliphatic carbocycles. The van der Waals surface area contributed by atoms with Gasteiger partial charge in [-0.3, -0.25) is 14.3 Å². The number of amides is 1. The highest BCUT2D eigenvalue weighted by atomic mass is 16.4. The lowest BCUT2D eigenvalue weighted by Gasteiger charge is -2.27. The molecule has 6 heteroatoms. The number of carbonyl (C=O) groups excluding carboxylic acids is 1. The Morgan fingerprint density at radius 3 is 2.67 bits per heavy atom. The monoisotopic (exact) mass is 293 g/mol. The van der Waals surface area contributed by atoms with E-state index in [1.54, 1.807) is 17.2 Å². The van der Waals surface area contributed by atoms with E-state index in [1.807, 2.05) is 18.5 Å². The van der Waals surface area contributed by atoms with Gasteiger partial charge in [0.1, 0.15) is 5.69 Å². The average molecular weight is 293 g/mol. The van der Waals surface area contributed by atoms with Crippen LogP contribution in [0.25, 0.3) is 0 Å². The Labute approximate surface area is 124 Å². The molecule has 0 spiro atoms. The van der Waals surface area contributed by atoms with Crippen LogP contribution in [-0.4, -0.2) is 44.3 Å². The molecule has 0 atom stereocenters. The lowest BCUT2D eigenvalue weighted by atomic mass is 10.2. The van der Waals surface area contributed by atoms with Crippen molar-refractivity contribution in [1.29, 1.82) is 0 Å². The minimum atomic E-state index is -0.891. The molecule has 2 rings (SSSR count). The summed E-state index contributed by atoms with van der Waals surface area (Å²) in [6.45, 7) is 4.02. The van der Waals surface area contributed by atoms with Gasteiger partial charge >= 0.3 is 5.97 Å². The third-order valence-corrected chi connectivity index (χ3v) is 4.01. The predicted octanol–water partition coefficient (Wildman–Crippen LogP) is 2.32. The molecular formula is C15H23N3O3. The highest BCUT2D eigenvalue weighted by Gasteiger charge is 2.26. The smallest absolute Gasteiger partial charge is 0.305 e. The summed E-state index contributed by atoms with van der Waals surface area (Å²) in [5.74, 6) is -1.02.